The number of hydrogen-bond donors (Lipinski definition) is 2. The molecule has 0 saturated heterocycles. The number of carbonyl (C=O) groups is 1. The summed E-state index contributed by atoms with van der Waals surface area (Å²) in [5, 5.41) is 11.6. The number of nitrogens with zero attached hydrogens (tertiary/aromatic N) is 2. The molecule has 0 bridgehead atoms. The summed E-state index contributed by atoms with van der Waals surface area (Å²) in [7, 11) is 3.41. The molecule has 3 atom stereocenters. The third-order valence-corrected chi connectivity index (χ3v) is 6.67. The Morgan fingerprint density at radius 3 is 2.49 bits per heavy atom. The van der Waals surface area contributed by atoms with Gasteiger partial charge in [-0.25, -0.2) is 4.68 Å². The van der Waals surface area contributed by atoms with Gasteiger partial charge in [-0.2, -0.15) is 0 Å². The lowest BCUT2D eigenvalue weighted by Gasteiger charge is -2.36. The first-order chi connectivity index (χ1) is 18.9. The van der Waals surface area contributed by atoms with Crippen LogP contribution < -0.4 is 10.9 Å². The number of para-hydroxylation sites is 1. The number of aliphatic hydroxyl groups is 1. The Hall–Kier alpha value is -2.96. The van der Waals surface area contributed by atoms with Gasteiger partial charge in [-0.15, -0.1) is 0 Å². The van der Waals surface area contributed by atoms with E-state index in [0.717, 1.165) is 11.4 Å². The van der Waals surface area contributed by atoms with Crippen molar-refractivity contribution in [1.29, 1.82) is 0 Å². The molecule has 0 spiro atoms. The zero-order valence-corrected chi connectivity index (χ0v) is 23.3. The molecule has 2 aromatic rings. The molecule has 2 N–H and O–H groups in total. The highest BCUT2D eigenvalue weighted by molar-refractivity contribution is 5.91. The molecular formula is C28H41N3O8. The number of allylic oxidation sites excluding steroid dienone is 1. The second kappa shape index (κ2) is 15.6. The summed E-state index contributed by atoms with van der Waals surface area (Å²) in [5.41, 5.74) is 1.94. The summed E-state index contributed by atoms with van der Waals surface area (Å²) >= 11 is 0. The van der Waals surface area contributed by atoms with Crippen molar-refractivity contribution in [3.63, 3.8) is 0 Å². The Morgan fingerprint density at radius 2 is 1.82 bits per heavy atom. The lowest BCUT2D eigenvalue weighted by molar-refractivity contribution is -0.168. The number of aliphatic hydroxyl groups excluding tert-OH is 1. The second-order valence-corrected chi connectivity index (χ2v) is 9.12. The topological polar surface area (TPSA) is 122 Å². The predicted octanol–water partition coefficient (Wildman–Crippen LogP) is 1.64. The Bertz CT molecular complexity index is 1130. The van der Waals surface area contributed by atoms with E-state index < -0.39 is 18.1 Å². The van der Waals surface area contributed by atoms with Crippen LogP contribution in [0.1, 0.15) is 30.5 Å². The van der Waals surface area contributed by atoms with Crippen molar-refractivity contribution in [2.45, 2.75) is 32.5 Å². The van der Waals surface area contributed by atoms with Gasteiger partial charge in [0.05, 0.1) is 38.7 Å². The van der Waals surface area contributed by atoms with Crippen molar-refractivity contribution in [1.82, 2.24) is 14.7 Å². The average Bonchev–Trinajstić information content (AvgIpc) is 3.16. The number of ether oxygens (including phenoxy) is 5. The zero-order chi connectivity index (χ0) is 28.2. The molecule has 2 heterocycles. The smallest absolute Gasteiger partial charge is 0.286 e. The third kappa shape index (κ3) is 7.80. The fourth-order valence-corrected chi connectivity index (χ4v) is 4.70. The number of hydrogen-bond acceptors (Lipinski definition) is 8. The van der Waals surface area contributed by atoms with E-state index in [-0.39, 0.29) is 30.5 Å². The summed E-state index contributed by atoms with van der Waals surface area (Å²) in [5.74, 6) is -1.04. The van der Waals surface area contributed by atoms with E-state index in [1.165, 1.54) is 0 Å². The number of nitrogens with one attached hydrogen (secondary N) is 1. The van der Waals surface area contributed by atoms with Gasteiger partial charge in [0.25, 0.3) is 11.5 Å². The molecule has 1 aromatic carbocycles. The summed E-state index contributed by atoms with van der Waals surface area (Å²) in [6.07, 6.45) is 1.49. The molecule has 0 aliphatic carbocycles. The fourth-order valence-electron chi connectivity index (χ4n) is 4.70. The van der Waals surface area contributed by atoms with Crippen LogP contribution in [0.4, 0.5) is 0 Å². The summed E-state index contributed by atoms with van der Waals surface area (Å²) < 4.78 is 31.6. The summed E-state index contributed by atoms with van der Waals surface area (Å²) in [6, 6.07) is 9.43. The molecule has 39 heavy (non-hydrogen) atoms. The molecule has 1 aliphatic rings. The third-order valence-electron chi connectivity index (χ3n) is 6.67. The molecule has 11 nitrogen and oxygen atoms in total. The molecular weight excluding hydrogens is 506 g/mol. The minimum atomic E-state index is -0.758. The van der Waals surface area contributed by atoms with E-state index >= 15 is 0 Å². The SMILES string of the molecule is CCO[C@@H]1OC(C(=O)NCCOC)=C[C@H](c2c(C)n(C)n(-c3ccccc3)c2=O)[C@@H]1CCOCCOCCO. The summed E-state index contributed by atoms with van der Waals surface area (Å²) in [4.78, 5) is 26.9. The van der Waals surface area contributed by atoms with Crippen molar-refractivity contribution in [3.8, 4) is 5.69 Å². The zero-order valence-electron chi connectivity index (χ0n) is 23.3. The molecule has 1 aromatic heterocycles. The van der Waals surface area contributed by atoms with Crippen molar-refractivity contribution < 1.29 is 33.6 Å². The lowest BCUT2D eigenvalue weighted by atomic mass is 9.81. The largest absolute Gasteiger partial charge is 0.459 e. The van der Waals surface area contributed by atoms with E-state index in [0.29, 0.717) is 51.6 Å². The predicted molar refractivity (Wildman–Crippen MR) is 145 cm³/mol. The number of benzene rings is 1. The van der Waals surface area contributed by atoms with Crippen LogP contribution in [-0.4, -0.2) is 86.6 Å². The first kappa shape index (κ1) is 30.6. The van der Waals surface area contributed by atoms with Crippen molar-refractivity contribution in [2.24, 2.45) is 13.0 Å². The normalized spacial score (nSPS) is 19.0. The van der Waals surface area contributed by atoms with Gasteiger partial charge in [0.2, 0.25) is 6.29 Å². The maximum absolute atomic E-state index is 13.9. The molecule has 3 rings (SSSR count). The Kier molecular flexibility index (Phi) is 12.2. The Morgan fingerprint density at radius 1 is 1.10 bits per heavy atom. The summed E-state index contributed by atoms with van der Waals surface area (Å²) in [6.45, 7) is 6.13. The van der Waals surface area contributed by atoms with Gasteiger partial charge in [-0.1, -0.05) is 18.2 Å². The van der Waals surface area contributed by atoms with Gasteiger partial charge in [-0.05, 0) is 38.5 Å². The van der Waals surface area contributed by atoms with Crippen LogP contribution in [0.2, 0.25) is 0 Å². The van der Waals surface area contributed by atoms with Crippen LogP contribution in [-0.2, 0) is 35.5 Å². The minimum Gasteiger partial charge on any atom is -0.459 e. The first-order valence-corrected chi connectivity index (χ1v) is 13.3. The first-order valence-electron chi connectivity index (χ1n) is 13.3. The van der Waals surface area contributed by atoms with Gasteiger partial charge in [0, 0.05) is 57.0 Å². The van der Waals surface area contributed by atoms with Crippen LogP contribution in [0.25, 0.3) is 5.69 Å². The monoisotopic (exact) mass is 547 g/mol. The van der Waals surface area contributed by atoms with Gasteiger partial charge >= 0.3 is 0 Å². The van der Waals surface area contributed by atoms with E-state index in [4.69, 9.17) is 28.8 Å². The van der Waals surface area contributed by atoms with E-state index in [2.05, 4.69) is 5.32 Å². The fraction of sp³-hybridized carbons (Fsp3) is 0.571. The standard InChI is InChI=1S/C28H41N3O8/c1-5-38-28-22(11-14-36-17-18-37-16-13-32)23(19-24(39-28)26(33)29-12-15-35-4)25-20(2)30(3)31(27(25)34)21-9-7-6-8-10-21/h6-10,19,22-23,28,32H,5,11-18H2,1-4H3,(H,29,33)/t22-,23-,28+/m0/s1. The van der Waals surface area contributed by atoms with Crippen molar-refractivity contribution >= 4 is 5.91 Å². The Balaban J connectivity index is 1.97. The number of rotatable bonds is 16. The van der Waals surface area contributed by atoms with Crippen molar-refractivity contribution in [3.05, 3.63) is 63.8 Å². The highest BCUT2D eigenvalue weighted by atomic mass is 16.7. The number of carbonyl (C=O) groups excluding carboxylic acids is 1. The average molecular weight is 548 g/mol. The maximum atomic E-state index is 13.9. The van der Waals surface area contributed by atoms with E-state index in [1.807, 2.05) is 55.9 Å². The van der Waals surface area contributed by atoms with Crippen LogP contribution in [0.5, 0.6) is 0 Å². The lowest BCUT2D eigenvalue weighted by Crippen LogP contribution is -2.41. The van der Waals surface area contributed by atoms with Gasteiger partial charge < -0.3 is 34.1 Å². The molecule has 0 fully saturated rings. The molecule has 216 valence electrons. The quantitative estimate of drug-likeness (QED) is 0.304. The molecule has 11 heteroatoms. The van der Waals surface area contributed by atoms with Gasteiger partial charge in [-0.3, -0.25) is 14.3 Å². The maximum Gasteiger partial charge on any atom is 0.286 e. The van der Waals surface area contributed by atoms with Crippen LogP contribution in [0.15, 0.2) is 47.0 Å². The molecule has 1 aliphatic heterocycles. The highest BCUT2D eigenvalue weighted by Gasteiger charge is 2.41. The van der Waals surface area contributed by atoms with E-state index in [1.54, 1.807) is 17.9 Å². The van der Waals surface area contributed by atoms with Crippen LogP contribution in [0, 0.1) is 12.8 Å². The second-order valence-electron chi connectivity index (χ2n) is 9.12. The molecule has 0 radical (unpaired) electrons. The Labute approximate surface area is 229 Å². The molecule has 0 saturated carbocycles. The van der Waals surface area contributed by atoms with E-state index in [9.17, 15) is 9.59 Å². The minimum absolute atomic E-state index is 0.0399. The number of methoxy groups -OCH3 is 1. The highest BCUT2D eigenvalue weighted by Crippen LogP contribution is 2.39. The van der Waals surface area contributed by atoms with Gasteiger partial charge in [0.15, 0.2) is 5.76 Å². The molecule has 1 amide bonds. The number of aromatic nitrogens is 2. The van der Waals surface area contributed by atoms with Crippen LogP contribution >= 0.6 is 0 Å². The van der Waals surface area contributed by atoms with Gasteiger partial charge in [0.1, 0.15) is 0 Å². The van der Waals surface area contributed by atoms with Crippen molar-refractivity contribution in [2.75, 3.05) is 59.9 Å². The van der Waals surface area contributed by atoms with Crippen LogP contribution in [0.3, 0.4) is 0 Å². The molecule has 0 unspecified atom stereocenters. The number of amides is 1.